The monoisotopic (exact) mass is 560 g/mol. The van der Waals surface area contributed by atoms with Gasteiger partial charge in [-0.3, -0.25) is 13.3 Å². The molecule has 34 heavy (non-hydrogen) atoms. The first-order chi connectivity index (χ1) is 15.7. The van der Waals surface area contributed by atoms with Crippen LogP contribution in [0.2, 0.25) is 0 Å². The summed E-state index contributed by atoms with van der Waals surface area (Å²) in [5, 5.41) is 18.4. The highest BCUT2D eigenvalue weighted by atomic mass is 32.2. The highest BCUT2D eigenvalue weighted by Gasteiger charge is 2.23. The molecule has 2 aromatic rings. The molecular weight excluding hydrogens is 544 g/mol. The van der Waals surface area contributed by atoms with Crippen molar-refractivity contribution in [3.8, 4) is 0 Å². The lowest BCUT2D eigenvalue weighted by atomic mass is 10.2. The van der Waals surface area contributed by atoms with E-state index >= 15 is 0 Å². The molecule has 0 heterocycles. The van der Waals surface area contributed by atoms with Crippen molar-refractivity contribution < 1.29 is 53.2 Å². The molecule has 7 N–H and O–H groups in total. The van der Waals surface area contributed by atoms with E-state index in [1.165, 1.54) is 0 Å². The summed E-state index contributed by atoms with van der Waals surface area (Å²) in [6.07, 6.45) is 0. The maximum Gasteiger partial charge on any atom is 0.296 e. The summed E-state index contributed by atoms with van der Waals surface area (Å²) in [5.74, 6) is -0.652. The van der Waals surface area contributed by atoms with Crippen LogP contribution < -0.4 is 11.5 Å². The molecule has 20 heteroatoms. The SMILES string of the molecule is Nc1cc(N)c(S(=O)(=O)O)cc1/N=N/c1ccc(S(=O)(=O)CCOSOOO)cc1S(=O)(=O)O. The molecule has 0 aromatic heterocycles. The van der Waals surface area contributed by atoms with Crippen molar-refractivity contribution in [2.45, 2.75) is 14.7 Å². The van der Waals surface area contributed by atoms with Gasteiger partial charge >= 0.3 is 0 Å². The Morgan fingerprint density at radius 2 is 1.47 bits per heavy atom. The van der Waals surface area contributed by atoms with Crippen molar-refractivity contribution >= 4 is 65.1 Å². The average molecular weight is 561 g/mol. The second-order valence-electron chi connectivity index (χ2n) is 6.08. The van der Waals surface area contributed by atoms with Crippen LogP contribution in [0.1, 0.15) is 0 Å². The van der Waals surface area contributed by atoms with E-state index in [1.54, 1.807) is 0 Å². The van der Waals surface area contributed by atoms with Crippen molar-refractivity contribution in [2.24, 2.45) is 10.2 Å². The Bertz CT molecular complexity index is 1410. The molecule has 0 radical (unpaired) electrons. The fourth-order valence-electron chi connectivity index (χ4n) is 2.33. The minimum atomic E-state index is -5.01. The van der Waals surface area contributed by atoms with Crippen molar-refractivity contribution in [3.63, 3.8) is 0 Å². The minimum Gasteiger partial charge on any atom is -0.398 e. The Kier molecular flexibility index (Phi) is 8.92. The summed E-state index contributed by atoms with van der Waals surface area (Å²) in [7, 11) is -13.9. The number of nitrogen functional groups attached to an aromatic ring is 2. The van der Waals surface area contributed by atoms with Gasteiger partial charge in [0.05, 0.1) is 28.6 Å². The molecule has 0 spiro atoms. The van der Waals surface area contributed by atoms with Crippen LogP contribution >= 0.6 is 12.3 Å². The molecule has 2 aromatic carbocycles. The number of rotatable bonds is 11. The molecule has 0 amide bonds. The van der Waals surface area contributed by atoms with E-state index in [2.05, 4.69) is 23.8 Å². The first-order valence-corrected chi connectivity index (χ1v) is 13.6. The topological polar surface area (TPSA) is 268 Å². The lowest BCUT2D eigenvalue weighted by Crippen LogP contribution is -2.12. The zero-order valence-corrected chi connectivity index (χ0v) is 19.8. The molecule has 0 saturated heterocycles. The van der Waals surface area contributed by atoms with Crippen LogP contribution in [-0.4, -0.2) is 52.0 Å². The normalized spacial score (nSPS) is 12.9. The number of nitrogens with two attached hydrogens (primary N) is 2. The van der Waals surface area contributed by atoms with E-state index in [0.29, 0.717) is 6.07 Å². The molecule has 0 atom stereocenters. The van der Waals surface area contributed by atoms with Crippen LogP contribution in [0.25, 0.3) is 0 Å². The van der Waals surface area contributed by atoms with Crippen molar-refractivity contribution in [2.75, 3.05) is 23.8 Å². The Hall–Kier alpha value is -2.40. The van der Waals surface area contributed by atoms with Crippen molar-refractivity contribution in [3.05, 3.63) is 30.3 Å². The number of nitrogens with zero attached hydrogens (tertiary/aromatic N) is 2. The Balaban J connectivity index is 2.44. The van der Waals surface area contributed by atoms with E-state index in [1.807, 2.05) is 0 Å². The van der Waals surface area contributed by atoms with Crippen molar-refractivity contribution in [1.29, 1.82) is 0 Å². The van der Waals surface area contributed by atoms with Gasteiger partial charge in [0.2, 0.25) is 0 Å². The van der Waals surface area contributed by atoms with Gasteiger partial charge in [-0.25, -0.2) is 13.7 Å². The molecule has 16 nitrogen and oxygen atoms in total. The zero-order chi connectivity index (χ0) is 25.7. The Morgan fingerprint density at radius 3 is 2.06 bits per heavy atom. The van der Waals surface area contributed by atoms with E-state index in [-0.39, 0.29) is 29.4 Å². The number of sulfone groups is 1. The summed E-state index contributed by atoms with van der Waals surface area (Å²) in [5.41, 5.74) is 9.74. The van der Waals surface area contributed by atoms with Gasteiger partial charge in [-0.15, -0.1) is 14.6 Å². The van der Waals surface area contributed by atoms with Gasteiger partial charge in [-0.2, -0.15) is 16.8 Å². The van der Waals surface area contributed by atoms with Crippen LogP contribution in [0.4, 0.5) is 22.7 Å². The van der Waals surface area contributed by atoms with Crippen LogP contribution in [-0.2, 0) is 43.6 Å². The number of anilines is 2. The summed E-state index contributed by atoms with van der Waals surface area (Å²) in [4.78, 5) is -2.19. The van der Waals surface area contributed by atoms with Gasteiger partial charge in [0.25, 0.3) is 20.2 Å². The third kappa shape index (κ3) is 7.30. The van der Waals surface area contributed by atoms with Gasteiger partial charge < -0.3 is 11.5 Å². The summed E-state index contributed by atoms with van der Waals surface area (Å²) in [6.45, 7) is -0.453. The smallest absolute Gasteiger partial charge is 0.296 e. The number of azo groups is 1. The lowest BCUT2D eigenvalue weighted by molar-refractivity contribution is -0.434. The molecule has 0 unspecified atom stereocenters. The fraction of sp³-hybridized carbons (Fsp3) is 0.143. The number of hydrogen-bond donors (Lipinski definition) is 5. The average Bonchev–Trinajstić information content (AvgIpc) is 2.71. The van der Waals surface area contributed by atoms with Crippen LogP contribution in [0, 0.1) is 0 Å². The molecule has 2 rings (SSSR count). The molecule has 0 aliphatic heterocycles. The largest absolute Gasteiger partial charge is 0.398 e. The summed E-state index contributed by atoms with van der Waals surface area (Å²) >= 11 is 0.137. The highest BCUT2D eigenvalue weighted by Crippen LogP contribution is 2.34. The summed E-state index contributed by atoms with van der Waals surface area (Å²) in [6, 6.07) is 4.24. The van der Waals surface area contributed by atoms with Gasteiger partial charge in [0.15, 0.2) is 22.2 Å². The van der Waals surface area contributed by atoms with E-state index < -0.39 is 62.8 Å². The zero-order valence-electron chi connectivity index (χ0n) is 16.5. The number of benzene rings is 2. The molecular formula is C14H16N4O12S4. The standard InChI is InChI=1S/C14H16N4O12S4/c15-9-6-10(16)13(33(22,23)24)7-12(9)18-17-11-2-1-8(5-14(11)34(25,26)27)32(20,21)4-3-28-31-30-29-19/h1-2,5-7,19H,3-4,15-16H2,(H,22,23,24)(H,25,26,27)/b18-17+. The third-order valence-electron chi connectivity index (χ3n) is 3.81. The molecule has 188 valence electrons. The quantitative estimate of drug-likeness (QED) is 0.0496. The van der Waals surface area contributed by atoms with Crippen LogP contribution in [0.5, 0.6) is 0 Å². The molecule has 0 fully saturated rings. The van der Waals surface area contributed by atoms with Gasteiger partial charge in [0.1, 0.15) is 21.2 Å². The first-order valence-electron chi connectivity index (χ1n) is 8.35. The third-order valence-corrected chi connectivity index (χ3v) is 7.66. The highest BCUT2D eigenvalue weighted by molar-refractivity contribution is 7.91. The Morgan fingerprint density at radius 1 is 0.853 bits per heavy atom. The molecule has 0 saturated carbocycles. The fourth-order valence-corrected chi connectivity index (χ4v) is 5.10. The maximum atomic E-state index is 12.4. The van der Waals surface area contributed by atoms with E-state index in [9.17, 15) is 34.4 Å². The minimum absolute atomic E-state index is 0.137. The van der Waals surface area contributed by atoms with Gasteiger partial charge in [-0.1, -0.05) is 5.04 Å². The maximum absolute atomic E-state index is 12.4. The summed E-state index contributed by atoms with van der Waals surface area (Å²) < 4.78 is 98.4. The first kappa shape index (κ1) is 27.8. The second kappa shape index (κ2) is 10.9. The van der Waals surface area contributed by atoms with Crippen LogP contribution in [0.3, 0.4) is 0 Å². The number of hydrogen-bond acceptors (Lipinski definition) is 15. The predicted octanol–water partition coefficient (Wildman–Crippen LogP) is 1.53. The van der Waals surface area contributed by atoms with Crippen molar-refractivity contribution in [1.82, 2.24) is 0 Å². The molecule has 0 aliphatic rings. The van der Waals surface area contributed by atoms with Gasteiger partial charge in [-0.05, 0) is 30.3 Å². The molecule has 0 bridgehead atoms. The van der Waals surface area contributed by atoms with Gasteiger partial charge in [0, 0.05) is 0 Å². The molecule has 0 aliphatic carbocycles. The van der Waals surface area contributed by atoms with E-state index in [0.717, 1.165) is 24.3 Å². The second-order valence-corrected chi connectivity index (χ2v) is 11.5. The van der Waals surface area contributed by atoms with E-state index in [4.69, 9.17) is 16.7 Å². The Labute approximate surface area is 197 Å². The van der Waals surface area contributed by atoms with Crippen LogP contribution in [0.15, 0.2) is 55.2 Å². The lowest BCUT2D eigenvalue weighted by Gasteiger charge is -2.08. The predicted molar refractivity (Wildman–Crippen MR) is 116 cm³/mol.